The van der Waals surface area contributed by atoms with Gasteiger partial charge in [-0.2, -0.15) is 0 Å². The minimum Gasteiger partial charge on any atom is -0.497 e. The Morgan fingerprint density at radius 3 is 2.48 bits per heavy atom. The lowest BCUT2D eigenvalue weighted by Crippen LogP contribution is -2.52. The van der Waals surface area contributed by atoms with Crippen molar-refractivity contribution in [3.05, 3.63) is 54.1 Å². The number of carbonyl (C=O) groups is 2. The molecule has 1 atom stereocenters. The lowest BCUT2D eigenvalue weighted by Gasteiger charge is -2.35. The average Bonchev–Trinajstić information content (AvgIpc) is 3.26. The Labute approximate surface area is 187 Å². The fourth-order valence-electron chi connectivity index (χ4n) is 4.83. The van der Waals surface area contributed by atoms with Crippen LogP contribution in [-0.4, -0.2) is 49.3 Å². The molecule has 162 valence electrons. The maximum absolute atomic E-state index is 14.0. The maximum Gasteiger partial charge on any atom is 0.269 e. The largest absolute Gasteiger partial charge is 0.497 e. The number of para-hydroxylation sites is 1. The van der Waals surface area contributed by atoms with Gasteiger partial charge < -0.3 is 4.74 Å². The van der Waals surface area contributed by atoms with Crippen LogP contribution in [0.3, 0.4) is 0 Å². The standard InChI is InChI=1S/C24H27N3O3S/c1-17-11-13-25(14-12-17)16-26-21-6-4-3-5-20(21)24(23(26)29)27(22(28)15-31-24)18-7-9-19(30-2)10-8-18/h3-10,17H,11-16H2,1-2H3. The average molecular weight is 438 g/mol. The van der Waals surface area contributed by atoms with Crippen LogP contribution >= 0.6 is 11.8 Å². The molecule has 0 aromatic heterocycles. The Kier molecular flexibility index (Phi) is 5.18. The van der Waals surface area contributed by atoms with Crippen LogP contribution in [-0.2, 0) is 14.5 Å². The van der Waals surface area contributed by atoms with Crippen LogP contribution in [0.2, 0.25) is 0 Å². The van der Waals surface area contributed by atoms with Gasteiger partial charge in [0.2, 0.25) is 10.8 Å². The van der Waals surface area contributed by atoms with Crippen molar-refractivity contribution >= 4 is 35.0 Å². The fourth-order valence-corrected chi connectivity index (χ4v) is 6.19. The Hall–Kier alpha value is -2.51. The number of ether oxygens (including phenoxy) is 1. The summed E-state index contributed by atoms with van der Waals surface area (Å²) in [6.07, 6.45) is 2.31. The summed E-state index contributed by atoms with van der Waals surface area (Å²) in [4.78, 5) is 32.0. The van der Waals surface area contributed by atoms with Gasteiger partial charge in [0, 0.05) is 24.3 Å². The molecule has 0 aliphatic carbocycles. The van der Waals surface area contributed by atoms with E-state index in [1.165, 1.54) is 11.8 Å². The number of benzene rings is 2. The van der Waals surface area contributed by atoms with Gasteiger partial charge in [0.1, 0.15) is 5.75 Å². The third-order valence-corrected chi connectivity index (χ3v) is 8.00. The predicted octanol–water partition coefficient (Wildman–Crippen LogP) is 3.66. The van der Waals surface area contributed by atoms with E-state index >= 15 is 0 Å². The zero-order valence-electron chi connectivity index (χ0n) is 17.9. The number of hydrogen-bond donors (Lipinski definition) is 0. The first-order valence-corrected chi connectivity index (χ1v) is 11.8. The number of methoxy groups -OCH3 is 1. The molecule has 31 heavy (non-hydrogen) atoms. The summed E-state index contributed by atoms with van der Waals surface area (Å²) in [7, 11) is 1.61. The van der Waals surface area contributed by atoms with Crippen LogP contribution < -0.4 is 14.5 Å². The van der Waals surface area contributed by atoms with Crippen molar-refractivity contribution < 1.29 is 14.3 Å². The summed E-state index contributed by atoms with van der Waals surface area (Å²) in [6, 6.07) is 15.3. The smallest absolute Gasteiger partial charge is 0.269 e. The van der Waals surface area contributed by atoms with Gasteiger partial charge in [0.25, 0.3) is 5.91 Å². The monoisotopic (exact) mass is 437 g/mol. The van der Waals surface area contributed by atoms with Crippen molar-refractivity contribution in [3.63, 3.8) is 0 Å². The zero-order valence-corrected chi connectivity index (χ0v) is 18.7. The lowest BCUT2D eigenvalue weighted by molar-refractivity contribution is -0.124. The minimum atomic E-state index is -1.05. The van der Waals surface area contributed by atoms with Crippen LogP contribution in [0.4, 0.5) is 11.4 Å². The molecule has 3 heterocycles. The van der Waals surface area contributed by atoms with E-state index in [-0.39, 0.29) is 17.6 Å². The number of amides is 2. The van der Waals surface area contributed by atoms with E-state index in [4.69, 9.17) is 4.74 Å². The van der Waals surface area contributed by atoms with Gasteiger partial charge >= 0.3 is 0 Å². The normalized spacial score (nSPS) is 24.3. The van der Waals surface area contributed by atoms with Gasteiger partial charge in [-0.15, -0.1) is 11.8 Å². The second kappa shape index (κ2) is 7.88. The van der Waals surface area contributed by atoms with Crippen molar-refractivity contribution in [2.45, 2.75) is 24.6 Å². The van der Waals surface area contributed by atoms with Crippen molar-refractivity contribution in [2.24, 2.45) is 5.92 Å². The summed E-state index contributed by atoms with van der Waals surface area (Å²) < 4.78 is 5.27. The second-order valence-electron chi connectivity index (χ2n) is 8.55. The molecule has 2 saturated heterocycles. The highest BCUT2D eigenvalue weighted by Gasteiger charge is 2.61. The number of nitrogens with zero attached hydrogens (tertiary/aromatic N) is 3. The van der Waals surface area contributed by atoms with E-state index in [1.54, 1.807) is 12.0 Å². The summed E-state index contributed by atoms with van der Waals surface area (Å²) in [5.74, 6) is 1.65. The lowest BCUT2D eigenvalue weighted by atomic mass is 10.00. The van der Waals surface area contributed by atoms with Crippen LogP contribution in [0, 0.1) is 5.92 Å². The van der Waals surface area contributed by atoms with Gasteiger partial charge in [-0.05, 0) is 49.1 Å². The SMILES string of the molecule is COc1ccc(N2C(=O)CSC23C(=O)N(CN2CCC(C)CC2)c2ccccc23)cc1. The Bertz CT molecular complexity index is 1000. The molecule has 0 saturated carbocycles. The molecule has 0 N–H and O–H groups in total. The van der Waals surface area contributed by atoms with Crippen molar-refractivity contribution in [2.75, 3.05) is 42.4 Å². The Morgan fingerprint density at radius 2 is 1.77 bits per heavy atom. The molecular formula is C24H27N3O3S. The number of thioether (sulfide) groups is 1. The van der Waals surface area contributed by atoms with Crippen LogP contribution in [0.15, 0.2) is 48.5 Å². The van der Waals surface area contributed by atoms with Crippen molar-refractivity contribution in [1.82, 2.24) is 4.90 Å². The van der Waals surface area contributed by atoms with Crippen molar-refractivity contribution in [3.8, 4) is 5.75 Å². The molecule has 2 fully saturated rings. The number of carbonyl (C=O) groups excluding carboxylic acids is 2. The number of fused-ring (bicyclic) bond motifs is 2. The van der Waals surface area contributed by atoms with Crippen LogP contribution in [0.5, 0.6) is 5.75 Å². The van der Waals surface area contributed by atoms with E-state index in [1.807, 2.05) is 53.4 Å². The molecule has 3 aliphatic heterocycles. The van der Waals surface area contributed by atoms with E-state index < -0.39 is 4.87 Å². The molecule has 6 nitrogen and oxygen atoms in total. The minimum absolute atomic E-state index is 0.0287. The van der Waals surface area contributed by atoms with E-state index in [9.17, 15) is 9.59 Å². The number of hydrogen-bond acceptors (Lipinski definition) is 5. The van der Waals surface area contributed by atoms with Crippen molar-refractivity contribution in [1.29, 1.82) is 0 Å². The van der Waals surface area contributed by atoms with Gasteiger partial charge in [-0.3, -0.25) is 24.3 Å². The molecule has 0 radical (unpaired) electrons. The molecule has 2 aromatic carbocycles. The highest BCUT2D eigenvalue weighted by molar-refractivity contribution is 8.02. The highest BCUT2D eigenvalue weighted by atomic mass is 32.2. The molecule has 2 aromatic rings. The number of rotatable bonds is 4. The molecule has 2 amide bonds. The third kappa shape index (κ3) is 3.22. The zero-order chi connectivity index (χ0) is 21.6. The topological polar surface area (TPSA) is 53.1 Å². The van der Waals surface area contributed by atoms with E-state index in [2.05, 4.69) is 11.8 Å². The molecule has 1 unspecified atom stereocenters. The quantitative estimate of drug-likeness (QED) is 0.731. The number of anilines is 2. The molecule has 1 spiro atoms. The molecule has 5 rings (SSSR count). The molecule has 7 heteroatoms. The summed E-state index contributed by atoms with van der Waals surface area (Å²) in [6.45, 7) is 4.84. The Morgan fingerprint density at radius 1 is 1.06 bits per heavy atom. The first-order valence-electron chi connectivity index (χ1n) is 10.8. The summed E-state index contributed by atoms with van der Waals surface area (Å²) >= 11 is 1.43. The van der Waals surface area contributed by atoms with Gasteiger partial charge in [-0.1, -0.05) is 25.1 Å². The second-order valence-corrected chi connectivity index (χ2v) is 9.72. The van der Waals surface area contributed by atoms with Gasteiger partial charge in [0.05, 0.1) is 25.2 Å². The van der Waals surface area contributed by atoms with Crippen LogP contribution in [0.1, 0.15) is 25.3 Å². The van der Waals surface area contributed by atoms with Gasteiger partial charge in [0.15, 0.2) is 0 Å². The van der Waals surface area contributed by atoms with E-state index in [0.29, 0.717) is 12.4 Å². The molecule has 0 bridgehead atoms. The van der Waals surface area contributed by atoms with E-state index in [0.717, 1.165) is 48.8 Å². The highest BCUT2D eigenvalue weighted by Crippen LogP contribution is 2.55. The fraction of sp³-hybridized carbons (Fsp3) is 0.417. The van der Waals surface area contributed by atoms with Crippen LogP contribution in [0.25, 0.3) is 0 Å². The molecular weight excluding hydrogens is 410 g/mol. The maximum atomic E-state index is 14.0. The molecule has 3 aliphatic rings. The first kappa shape index (κ1) is 20.4. The number of likely N-dealkylation sites (tertiary alicyclic amines) is 1. The summed E-state index contributed by atoms with van der Waals surface area (Å²) in [5.41, 5.74) is 2.52. The predicted molar refractivity (Wildman–Crippen MR) is 123 cm³/mol. The Balaban J connectivity index is 1.54. The van der Waals surface area contributed by atoms with Gasteiger partial charge in [-0.25, -0.2) is 0 Å². The first-order chi connectivity index (χ1) is 15.0. The third-order valence-electron chi connectivity index (χ3n) is 6.61. The number of piperidine rings is 1. The summed E-state index contributed by atoms with van der Waals surface area (Å²) in [5, 5.41) is 0.